The normalized spacial score (nSPS) is 13.4. The van der Waals surface area contributed by atoms with Crippen molar-refractivity contribution in [3.8, 4) is 11.5 Å². The van der Waals surface area contributed by atoms with Crippen LogP contribution in [0.15, 0.2) is 48.5 Å². The van der Waals surface area contributed by atoms with E-state index in [0.717, 1.165) is 23.6 Å². The summed E-state index contributed by atoms with van der Waals surface area (Å²) in [5.74, 6) is 1.99. The summed E-state index contributed by atoms with van der Waals surface area (Å²) in [5.41, 5.74) is 2.41. The van der Waals surface area contributed by atoms with Crippen LogP contribution in [0, 0.1) is 0 Å². The molecule has 1 atom stereocenters. The highest BCUT2D eigenvalue weighted by molar-refractivity contribution is 7.80. The number of hydrogen-bond donors (Lipinski definition) is 2. The Morgan fingerprint density at radius 2 is 1.87 bits per heavy atom. The van der Waals surface area contributed by atoms with Crippen LogP contribution in [-0.2, 0) is 6.54 Å². The molecular weight excluding hydrogens is 308 g/mol. The predicted octanol–water partition coefficient (Wildman–Crippen LogP) is 3.18. The molecule has 0 fully saturated rings. The van der Waals surface area contributed by atoms with Crippen LogP contribution in [0.4, 0.5) is 0 Å². The van der Waals surface area contributed by atoms with Crippen LogP contribution in [0.1, 0.15) is 24.0 Å². The lowest BCUT2D eigenvalue weighted by Crippen LogP contribution is -2.36. The van der Waals surface area contributed by atoms with Gasteiger partial charge in [0.05, 0.1) is 0 Å². The minimum absolute atomic E-state index is 0.295. The average Bonchev–Trinajstić information content (AvgIpc) is 3.06. The van der Waals surface area contributed by atoms with E-state index in [4.69, 9.17) is 21.7 Å². The Hall–Kier alpha value is -2.27. The molecule has 0 amide bonds. The number of nitrogens with one attached hydrogen (secondary N) is 2. The van der Waals surface area contributed by atoms with Gasteiger partial charge in [0.2, 0.25) is 6.79 Å². The largest absolute Gasteiger partial charge is 0.454 e. The maximum Gasteiger partial charge on any atom is 0.231 e. The van der Waals surface area contributed by atoms with Crippen molar-refractivity contribution in [3.05, 3.63) is 59.7 Å². The minimum Gasteiger partial charge on any atom is -0.454 e. The van der Waals surface area contributed by atoms with E-state index in [0.29, 0.717) is 24.4 Å². The summed E-state index contributed by atoms with van der Waals surface area (Å²) in [4.78, 5) is 0. The summed E-state index contributed by atoms with van der Waals surface area (Å²) in [6, 6.07) is 16.3. The molecule has 23 heavy (non-hydrogen) atoms. The number of fused-ring (bicyclic) bond motifs is 1. The van der Waals surface area contributed by atoms with Crippen molar-refractivity contribution in [2.75, 3.05) is 13.3 Å². The molecule has 120 valence electrons. The fourth-order valence-corrected chi connectivity index (χ4v) is 2.60. The highest BCUT2D eigenvalue weighted by Gasteiger charge is 2.13. The van der Waals surface area contributed by atoms with Gasteiger partial charge in [-0.05, 0) is 41.4 Å². The molecule has 5 heteroatoms. The van der Waals surface area contributed by atoms with E-state index in [1.807, 2.05) is 24.3 Å². The Labute approximate surface area is 141 Å². The van der Waals surface area contributed by atoms with Gasteiger partial charge in [-0.25, -0.2) is 0 Å². The number of ether oxygens (including phenoxy) is 2. The molecule has 0 aromatic heterocycles. The molecule has 0 unspecified atom stereocenters. The van der Waals surface area contributed by atoms with Crippen molar-refractivity contribution in [1.29, 1.82) is 0 Å². The summed E-state index contributed by atoms with van der Waals surface area (Å²) < 4.78 is 10.7. The van der Waals surface area contributed by atoms with Crippen LogP contribution in [0.3, 0.4) is 0 Å². The molecule has 1 aliphatic rings. The van der Waals surface area contributed by atoms with Crippen molar-refractivity contribution < 1.29 is 9.47 Å². The quantitative estimate of drug-likeness (QED) is 0.825. The van der Waals surface area contributed by atoms with E-state index in [1.165, 1.54) is 5.56 Å². The molecule has 0 radical (unpaired) electrons. The number of hydrogen-bond acceptors (Lipinski definition) is 3. The third kappa shape index (κ3) is 4.13. The molecule has 2 N–H and O–H groups in total. The minimum atomic E-state index is 0.295. The summed E-state index contributed by atoms with van der Waals surface area (Å²) >= 11 is 5.34. The van der Waals surface area contributed by atoms with Crippen molar-refractivity contribution in [2.45, 2.75) is 19.4 Å². The van der Waals surface area contributed by atoms with E-state index in [-0.39, 0.29) is 0 Å². The van der Waals surface area contributed by atoms with Gasteiger partial charge < -0.3 is 20.1 Å². The molecule has 1 heterocycles. The second-order valence-electron chi connectivity index (χ2n) is 5.56. The number of thiocarbonyl (C=S) groups is 1. The Kier molecular flexibility index (Phi) is 4.98. The SMILES string of the molecule is C[C@@H](CNC(=S)NCc1ccc2c(c1)OCO2)c1ccccc1. The van der Waals surface area contributed by atoms with Crippen LogP contribution in [0.2, 0.25) is 0 Å². The van der Waals surface area contributed by atoms with Crippen LogP contribution >= 0.6 is 12.2 Å². The Morgan fingerprint density at radius 1 is 1.09 bits per heavy atom. The lowest BCUT2D eigenvalue weighted by Gasteiger charge is -2.15. The van der Waals surface area contributed by atoms with E-state index in [9.17, 15) is 0 Å². The van der Waals surface area contributed by atoms with E-state index in [2.05, 4.69) is 41.8 Å². The van der Waals surface area contributed by atoms with Crippen LogP contribution < -0.4 is 20.1 Å². The predicted molar refractivity (Wildman–Crippen MR) is 94.9 cm³/mol. The molecular formula is C18H20N2O2S. The molecule has 0 saturated carbocycles. The average molecular weight is 328 g/mol. The second kappa shape index (κ2) is 7.33. The summed E-state index contributed by atoms with van der Waals surface area (Å²) in [7, 11) is 0. The van der Waals surface area contributed by atoms with Gasteiger partial charge in [-0.1, -0.05) is 43.3 Å². The maximum absolute atomic E-state index is 5.38. The molecule has 3 rings (SSSR count). The van der Waals surface area contributed by atoms with Crippen molar-refractivity contribution in [3.63, 3.8) is 0 Å². The van der Waals surface area contributed by atoms with Gasteiger partial charge in [0.15, 0.2) is 16.6 Å². The zero-order valence-electron chi connectivity index (χ0n) is 13.0. The van der Waals surface area contributed by atoms with Gasteiger partial charge >= 0.3 is 0 Å². The van der Waals surface area contributed by atoms with Crippen LogP contribution in [0.5, 0.6) is 11.5 Å². The number of benzene rings is 2. The van der Waals surface area contributed by atoms with Gasteiger partial charge in [0.1, 0.15) is 0 Å². The molecule has 2 aromatic carbocycles. The number of rotatable bonds is 5. The highest BCUT2D eigenvalue weighted by Crippen LogP contribution is 2.32. The summed E-state index contributed by atoms with van der Waals surface area (Å²) in [6.07, 6.45) is 0. The molecule has 0 bridgehead atoms. The van der Waals surface area contributed by atoms with Crippen molar-refractivity contribution in [2.24, 2.45) is 0 Å². The lowest BCUT2D eigenvalue weighted by molar-refractivity contribution is 0.174. The topological polar surface area (TPSA) is 42.5 Å². The zero-order chi connectivity index (χ0) is 16.1. The maximum atomic E-state index is 5.38. The first-order valence-electron chi connectivity index (χ1n) is 7.67. The molecule has 2 aromatic rings. The van der Waals surface area contributed by atoms with Crippen LogP contribution in [0.25, 0.3) is 0 Å². The van der Waals surface area contributed by atoms with E-state index >= 15 is 0 Å². The molecule has 0 spiro atoms. The highest BCUT2D eigenvalue weighted by atomic mass is 32.1. The smallest absolute Gasteiger partial charge is 0.231 e. The zero-order valence-corrected chi connectivity index (χ0v) is 13.9. The van der Waals surface area contributed by atoms with Crippen molar-refractivity contribution >= 4 is 17.3 Å². The molecule has 1 aliphatic heterocycles. The van der Waals surface area contributed by atoms with Crippen molar-refractivity contribution in [1.82, 2.24) is 10.6 Å². The Balaban J connectivity index is 1.45. The first-order chi connectivity index (χ1) is 11.2. The molecule has 4 nitrogen and oxygen atoms in total. The van der Waals surface area contributed by atoms with Gasteiger partial charge in [-0.3, -0.25) is 0 Å². The molecule has 0 aliphatic carbocycles. The third-order valence-electron chi connectivity index (χ3n) is 3.83. The van der Waals surface area contributed by atoms with Crippen LogP contribution in [-0.4, -0.2) is 18.5 Å². The summed E-state index contributed by atoms with van der Waals surface area (Å²) in [5, 5.41) is 7.15. The monoisotopic (exact) mass is 328 g/mol. The Bertz CT molecular complexity index is 676. The standard InChI is InChI=1S/C18H20N2O2S/c1-13(15-5-3-2-4-6-15)10-19-18(23)20-11-14-7-8-16-17(9-14)22-12-21-16/h2-9,13H,10-12H2,1H3,(H2,19,20,23)/t13-/m0/s1. The van der Waals surface area contributed by atoms with Gasteiger partial charge in [0.25, 0.3) is 0 Å². The van der Waals surface area contributed by atoms with Gasteiger partial charge in [0, 0.05) is 13.1 Å². The van der Waals surface area contributed by atoms with Gasteiger partial charge in [-0.15, -0.1) is 0 Å². The second-order valence-corrected chi connectivity index (χ2v) is 5.97. The van der Waals surface area contributed by atoms with E-state index < -0.39 is 0 Å². The molecule has 0 saturated heterocycles. The first-order valence-corrected chi connectivity index (χ1v) is 8.08. The lowest BCUT2D eigenvalue weighted by atomic mass is 10.0. The van der Waals surface area contributed by atoms with Gasteiger partial charge in [-0.2, -0.15) is 0 Å². The third-order valence-corrected chi connectivity index (χ3v) is 4.12. The first kappa shape index (κ1) is 15.6. The Morgan fingerprint density at radius 3 is 2.70 bits per heavy atom. The van der Waals surface area contributed by atoms with E-state index in [1.54, 1.807) is 0 Å². The fraction of sp³-hybridized carbons (Fsp3) is 0.278. The summed E-state index contributed by atoms with van der Waals surface area (Å²) in [6.45, 7) is 3.94. The fourth-order valence-electron chi connectivity index (χ4n) is 2.44.